The van der Waals surface area contributed by atoms with Gasteiger partial charge in [-0.2, -0.15) is 0 Å². The molecule has 2 aromatic rings. The Labute approximate surface area is 145 Å². The minimum atomic E-state index is -3.68. The predicted octanol–water partition coefficient (Wildman–Crippen LogP) is 2.86. The van der Waals surface area contributed by atoms with E-state index in [9.17, 15) is 13.2 Å². The van der Waals surface area contributed by atoms with E-state index in [0.29, 0.717) is 17.2 Å². The van der Waals surface area contributed by atoms with Crippen LogP contribution < -0.4 is 9.62 Å². The number of amides is 1. The highest BCUT2D eigenvalue weighted by atomic mass is 32.2. The van der Waals surface area contributed by atoms with Crippen LogP contribution in [0, 0.1) is 13.8 Å². The normalized spacial score (nSPS) is 14.4. The van der Waals surface area contributed by atoms with E-state index >= 15 is 0 Å². The molecule has 1 N–H and O–H groups in total. The summed E-state index contributed by atoms with van der Waals surface area (Å²) in [6, 6.07) is 4.93. The number of fused-ring (bicyclic) bond motifs is 1. The first kappa shape index (κ1) is 16.9. The van der Waals surface area contributed by atoms with Gasteiger partial charge < -0.3 is 4.90 Å². The fourth-order valence-corrected chi connectivity index (χ4v) is 5.10. The van der Waals surface area contributed by atoms with E-state index in [4.69, 9.17) is 0 Å². The third kappa shape index (κ3) is 3.16. The van der Waals surface area contributed by atoms with Gasteiger partial charge in [-0.3, -0.25) is 9.52 Å². The van der Waals surface area contributed by atoms with Crippen LogP contribution in [0.25, 0.3) is 0 Å². The van der Waals surface area contributed by atoms with Crippen molar-refractivity contribution in [2.24, 2.45) is 0 Å². The van der Waals surface area contributed by atoms with Crippen LogP contribution in [0.3, 0.4) is 0 Å². The molecule has 128 valence electrons. The number of hydrogen-bond donors (Lipinski definition) is 1. The van der Waals surface area contributed by atoms with Crippen LogP contribution in [0.4, 0.5) is 10.7 Å². The van der Waals surface area contributed by atoms with Gasteiger partial charge in [-0.1, -0.05) is 0 Å². The molecule has 0 saturated carbocycles. The lowest BCUT2D eigenvalue weighted by Gasteiger charge is -2.28. The first-order valence-electron chi connectivity index (χ1n) is 7.66. The molecule has 2 heterocycles. The van der Waals surface area contributed by atoms with Crippen LogP contribution in [0.1, 0.15) is 29.6 Å². The van der Waals surface area contributed by atoms with Crippen molar-refractivity contribution < 1.29 is 13.2 Å². The average molecular weight is 365 g/mol. The van der Waals surface area contributed by atoms with Gasteiger partial charge in [0.2, 0.25) is 5.91 Å². The van der Waals surface area contributed by atoms with Gasteiger partial charge in [-0.05, 0) is 50.5 Å². The Morgan fingerprint density at radius 2 is 2.08 bits per heavy atom. The van der Waals surface area contributed by atoms with Crippen LogP contribution in [-0.4, -0.2) is 25.9 Å². The van der Waals surface area contributed by atoms with E-state index in [1.54, 1.807) is 30.0 Å². The minimum absolute atomic E-state index is 0.0274. The smallest absolute Gasteiger partial charge is 0.262 e. The molecular formula is C16H19N3O3S2. The van der Waals surface area contributed by atoms with Gasteiger partial charge in [0.05, 0.1) is 15.6 Å². The van der Waals surface area contributed by atoms with Crippen LogP contribution in [0.5, 0.6) is 0 Å². The molecule has 0 saturated heterocycles. The van der Waals surface area contributed by atoms with E-state index in [2.05, 4.69) is 9.71 Å². The van der Waals surface area contributed by atoms with Crippen LogP contribution in [0.2, 0.25) is 0 Å². The Kier molecular flexibility index (Phi) is 4.35. The van der Waals surface area contributed by atoms with Crippen molar-refractivity contribution in [1.82, 2.24) is 4.98 Å². The fraction of sp³-hybridized carbons (Fsp3) is 0.375. The second-order valence-electron chi connectivity index (χ2n) is 5.82. The molecule has 0 aliphatic carbocycles. The van der Waals surface area contributed by atoms with Gasteiger partial charge in [-0.25, -0.2) is 13.4 Å². The molecule has 3 rings (SSSR count). The van der Waals surface area contributed by atoms with Crippen LogP contribution >= 0.6 is 11.3 Å². The van der Waals surface area contributed by atoms with E-state index in [0.717, 1.165) is 29.1 Å². The lowest BCUT2D eigenvalue weighted by molar-refractivity contribution is -0.116. The van der Waals surface area contributed by atoms with Gasteiger partial charge >= 0.3 is 0 Å². The second kappa shape index (κ2) is 6.18. The van der Waals surface area contributed by atoms with Crippen molar-refractivity contribution in [2.75, 3.05) is 16.2 Å². The number of aromatic nitrogens is 1. The number of anilines is 2. The van der Waals surface area contributed by atoms with Gasteiger partial charge in [0.1, 0.15) is 5.00 Å². The van der Waals surface area contributed by atoms with Gasteiger partial charge in [-0.15, -0.1) is 11.3 Å². The molecule has 1 aromatic heterocycles. The van der Waals surface area contributed by atoms with Crippen molar-refractivity contribution in [3.8, 4) is 0 Å². The molecule has 0 unspecified atom stereocenters. The molecule has 1 aromatic carbocycles. The monoisotopic (exact) mass is 365 g/mol. The molecule has 8 heteroatoms. The number of aryl methyl sites for hydroxylation is 3. The van der Waals surface area contributed by atoms with E-state index in [-0.39, 0.29) is 10.8 Å². The number of thiazole rings is 1. The summed E-state index contributed by atoms with van der Waals surface area (Å²) in [4.78, 5) is 17.8. The Morgan fingerprint density at radius 3 is 2.71 bits per heavy atom. The van der Waals surface area contributed by atoms with Gasteiger partial charge in [0, 0.05) is 19.2 Å². The standard InChI is InChI=1S/C16H19N3O3S2/c1-10-16(23-11(2)17-10)18-24(21,22)14-6-7-15-13(9-14)5-4-8-19(15)12(3)20/h6-7,9,18H,4-5,8H2,1-3H3. The molecule has 0 bridgehead atoms. The number of sulfonamides is 1. The number of rotatable bonds is 3. The molecule has 1 aliphatic heterocycles. The summed E-state index contributed by atoms with van der Waals surface area (Å²) in [6.07, 6.45) is 1.60. The number of benzene rings is 1. The third-order valence-electron chi connectivity index (χ3n) is 3.99. The minimum Gasteiger partial charge on any atom is -0.312 e. The number of carbonyl (C=O) groups excluding carboxylic acids is 1. The quantitative estimate of drug-likeness (QED) is 0.907. The number of hydrogen-bond acceptors (Lipinski definition) is 5. The lowest BCUT2D eigenvalue weighted by atomic mass is 10.0. The summed E-state index contributed by atoms with van der Waals surface area (Å²) in [7, 11) is -3.68. The lowest BCUT2D eigenvalue weighted by Crippen LogP contribution is -2.33. The Morgan fingerprint density at radius 1 is 1.33 bits per heavy atom. The van der Waals surface area contributed by atoms with E-state index in [1.165, 1.54) is 18.3 Å². The van der Waals surface area contributed by atoms with Crippen LogP contribution in [-0.2, 0) is 21.2 Å². The highest BCUT2D eigenvalue weighted by molar-refractivity contribution is 7.93. The molecule has 0 spiro atoms. The van der Waals surface area contributed by atoms with Crippen molar-refractivity contribution in [3.63, 3.8) is 0 Å². The maximum Gasteiger partial charge on any atom is 0.262 e. The van der Waals surface area contributed by atoms with Crippen molar-refractivity contribution in [2.45, 2.75) is 38.5 Å². The molecule has 0 fully saturated rings. The maximum absolute atomic E-state index is 12.7. The second-order valence-corrected chi connectivity index (χ2v) is 8.70. The summed E-state index contributed by atoms with van der Waals surface area (Å²) < 4.78 is 27.9. The first-order valence-corrected chi connectivity index (χ1v) is 9.96. The zero-order valence-corrected chi connectivity index (χ0v) is 15.4. The predicted molar refractivity (Wildman–Crippen MR) is 95.2 cm³/mol. The summed E-state index contributed by atoms with van der Waals surface area (Å²) in [5, 5.41) is 1.35. The summed E-state index contributed by atoms with van der Waals surface area (Å²) >= 11 is 1.31. The van der Waals surface area contributed by atoms with Crippen LogP contribution in [0.15, 0.2) is 23.1 Å². The number of carbonyl (C=O) groups is 1. The number of nitrogens with zero attached hydrogens (tertiary/aromatic N) is 2. The first-order chi connectivity index (χ1) is 11.3. The summed E-state index contributed by atoms with van der Waals surface area (Å²) in [5.41, 5.74) is 2.36. The molecular weight excluding hydrogens is 346 g/mol. The largest absolute Gasteiger partial charge is 0.312 e. The highest BCUT2D eigenvalue weighted by Gasteiger charge is 2.23. The maximum atomic E-state index is 12.7. The molecule has 24 heavy (non-hydrogen) atoms. The molecule has 1 amide bonds. The van der Waals surface area contributed by atoms with Crippen molar-refractivity contribution in [1.29, 1.82) is 0 Å². The van der Waals surface area contributed by atoms with Crippen molar-refractivity contribution >= 4 is 38.0 Å². The van der Waals surface area contributed by atoms with E-state index in [1.807, 2.05) is 6.92 Å². The molecule has 0 radical (unpaired) electrons. The average Bonchev–Trinajstić information content (AvgIpc) is 2.82. The zero-order valence-electron chi connectivity index (χ0n) is 13.8. The topological polar surface area (TPSA) is 79.4 Å². The zero-order chi connectivity index (χ0) is 17.5. The third-order valence-corrected chi connectivity index (χ3v) is 6.46. The SMILES string of the molecule is CC(=O)N1CCCc2cc(S(=O)(=O)Nc3sc(C)nc3C)ccc21. The van der Waals surface area contributed by atoms with E-state index < -0.39 is 10.0 Å². The van der Waals surface area contributed by atoms with Gasteiger partial charge in [0.25, 0.3) is 10.0 Å². The summed E-state index contributed by atoms with van der Waals surface area (Å²) in [5.74, 6) is -0.0274. The Balaban J connectivity index is 1.95. The highest BCUT2D eigenvalue weighted by Crippen LogP contribution is 2.31. The summed E-state index contributed by atoms with van der Waals surface area (Å²) in [6.45, 7) is 5.81. The molecule has 6 nitrogen and oxygen atoms in total. The molecule has 1 aliphatic rings. The Hall–Kier alpha value is -1.93. The molecule has 0 atom stereocenters. The van der Waals surface area contributed by atoms with Crippen molar-refractivity contribution in [3.05, 3.63) is 34.5 Å². The Bertz CT molecular complexity index is 903. The fourth-order valence-electron chi connectivity index (χ4n) is 2.87. The number of nitrogens with one attached hydrogen (secondary N) is 1. The van der Waals surface area contributed by atoms with Gasteiger partial charge in [0.15, 0.2) is 0 Å².